The summed E-state index contributed by atoms with van der Waals surface area (Å²) in [7, 11) is 0. The molecule has 5 rings (SSSR count). The average Bonchev–Trinajstić information content (AvgIpc) is 3.34. The number of amides is 2. The molecule has 2 aliphatic heterocycles. The number of benzene rings is 3. The van der Waals surface area contributed by atoms with Crippen LogP contribution in [-0.4, -0.2) is 83.0 Å². The molecule has 2 heterocycles. The molecular weight excluding hydrogens is 725 g/mol. The van der Waals surface area contributed by atoms with Gasteiger partial charge in [0.25, 0.3) is 5.91 Å². The summed E-state index contributed by atoms with van der Waals surface area (Å²) in [5.41, 5.74) is -2.93. The first-order valence-electron chi connectivity index (χ1n) is 15.3. The second kappa shape index (κ2) is 15.8. The molecule has 2 amide bonds. The smallest absolute Gasteiger partial charge is 0.416 e. The summed E-state index contributed by atoms with van der Waals surface area (Å²) in [4.78, 5) is 40.4. The Kier molecular flexibility index (Phi) is 11.7. The normalized spacial score (nSPS) is 16.5. The zero-order valence-electron chi connectivity index (χ0n) is 26.5. The molecule has 0 aromatic heterocycles. The van der Waals surface area contributed by atoms with Gasteiger partial charge in [-0.15, -0.1) is 0 Å². The zero-order valence-corrected chi connectivity index (χ0v) is 28.1. The van der Waals surface area contributed by atoms with Crippen LogP contribution in [0.4, 0.5) is 32.0 Å². The number of hydrogen-bond donors (Lipinski definition) is 2. The zero-order chi connectivity index (χ0) is 36.9. The van der Waals surface area contributed by atoms with Crippen molar-refractivity contribution in [2.45, 2.75) is 18.8 Å². The topological polar surface area (TPSA) is 108 Å². The number of carbonyl (C=O) groups excluding carboxylic acids is 2. The fourth-order valence-electron chi connectivity index (χ4n) is 5.22. The molecule has 3 aromatic carbocycles. The Morgan fingerprint density at radius 1 is 0.961 bits per heavy atom. The summed E-state index contributed by atoms with van der Waals surface area (Å²) >= 11 is 6.26. The number of morpholine rings is 1. The molecule has 0 aliphatic carbocycles. The molecule has 0 saturated carbocycles. The number of hydrogen-bond acceptors (Lipinski definition) is 8. The Morgan fingerprint density at radius 3 is 2.29 bits per heavy atom. The third-order valence-corrected chi connectivity index (χ3v) is 9.18. The largest absolute Gasteiger partial charge is 0.492 e. The van der Waals surface area contributed by atoms with Crippen LogP contribution in [0.1, 0.15) is 33.5 Å². The van der Waals surface area contributed by atoms with E-state index in [2.05, 4.69) is 5.32 Å². The van der Waals surface area contributed by atoms with E-state index in [-0.39, 0.29) is 68.6 Å². The first-order chi connectivity index (χ1) is 24.1. The fraction of sp³-hybridized carbons (Fsp3) is 0.294. The highest BCUT2D eigenvalue weighted by atomic mass is 32.2. The number of carbonyl (C=O) groups is 3. The van der Waals surface area contributed by atoms with Crippen molar-refractivity contribution in [3.63, 3.8) is 0 Å². The van der Waals surface area contributed by atoms with Gasteiger partial charge in [-0.2, -0.15) is 26.3 Å². The number of carboxylic acids is 1. The van der Waals surface area contributed by atoms with E-state index in [0.29, 0.717) is 45.0 Å². The second-order valence-electron chi connectivity index (χ2n) is 11.4. The molecule has 9 nitrogen and oxygen atoms in total. The van der Waals surface area contributed by atoms with E-state index < -0.39 is 41.3 Å². The Hall–Kier alpha value is -4.45. The summed E-state index contributed by atoms with van der Waals surface area (Å²) in [5.74, 6) is -2.20. The van der Waals surface area contributed by atoms with Gasteiger partial charge in [0, 0.05) is 43.9 Å². The lowest BCUT2D eigenvalue weighted by Gasteiger charge is -2.26. The minimum Gasteiger partial charge on any atom is -0.492 e. The number of carboxylic acid groups (broad SMARTS) is 1. The van der Waals surface area contributed by atoms with Crippen molar-refractivity contribution in [1.82, 2.24) is 9.80 Å². The third kappa shape index (κ3) is 9.87. The van der Waals surface area contributed by atoms with Gasteiger partial charge >= 0.3 is 18.3 Å². The lowest BCUT2D eigenvalue weighted by Crippen LogP contribution is -2.38. The number of ether oxygens (including phenoxy) is 2. The van der Waals surface area contributed by atoms with Gasteiger partial charge in [0.15, 0.2) is 0 Å². The summed E-state index contributed by atoms with van der Waals surface area (Å²) in [5, 5.41) is 11.7. The number of thiocarbonyl (C=S) groups is 1. The molecule has 2 aliphatic rings. The molecule has 17 heteroatoms. The van der Waals surface area contributed by atoms with E-state index in [0.717, 1.165) is 11.8 Å². The number of nitrogens with one attached hydrogen (secondary N) is 1. The highest BCUT2D eigenvalue weighted by molar-refractivity contribution is 8.26. The SMILES string of the molecule is O=C(CCN1C(=O)/C(=C/c2ccc(OCCN3CCOCC3)c(-c3cc(C(F)(F)F)cc(C(F)(F)F)c3)c2)SC1=S)Nc1cccc(C(=O)O)c1. The van der Waals surface area contributed by atoms with Gasteiger partial charge in [-0.3, -0.25) is 19.4 Å². The van der Waals surface area contributed by atoms with Gasteiger partial charge < -0.3 is 19.9 Å². The van der Waals surface area contributed by atoms with E-state index in [4.69, 9.17) is 26.8 Å². The van der Waals surface area contributed by atoms with E-state index in [1.54, 1.807) is 0 Å². The molecule has 2 saturated heterocycles. The number of nitrogens with zero attached hydrogens (tertiary/aromatic N) is 2. The van der Waals surface area contributed by atoms with E-state index in [1.807, 2.05) is 4.90 Å². The monoisotopic (exact) mass is 753 g/mol. The lowest BCUT2D eigenvalue weighted by molar-refractivity contribution is -0.143. The van der Waals surface area contributed by atoms with Crippen LogP contribution in [-0.2, 0) is 26.7 Å². The Balaban J connectivity index is 1.39. The molecule has 270 valence electrons. The highest BCUT2D eigenvalue weighted by Gasteiger charge is 2.37. The van der Waals surface area contributed by atoms with E-state index in [9.17, 15) is 40.7 Å². The van der Waals surface area contributed by atoms with Crippen molar-refractivity contribution in [1.29, 1.82) is 0 Å². The summed E-state index contributed by atoms with van der Waals surface area (Å²) in [6.45, 7) is 2.74. The molecule has 3 aromatic rings. The first-order valence-corrected chi connectivity index (χ1v) is 16.6. The van der Waals surface area contributed by atoms with E-state index >= 15 is 0 Å². The predicted octanol–water partition coefficient (Wildman–Crippen LogP) is 7.03. The average molecular weight is 754 g/mol. The van der Waals surface area contributed by atoms with Crippen molar-refractivity contribution >= 4 is 57.8 Å². The molecule has 2 N–H and O–H groups in total. The minimum atomic E-state index is -5.07. The van der Waals surface area contributed by atoms with Crippen LogP contribution < -0.4 is 10.1 Å². The molecule has 0 radical (unpaired) electrons. The summed E-state index contributed by atoms with van der Waals surface area (Å²) < 4.78 is 94.0. The van der Waals surface area contributed by atoms with Crippen LogP contribution in [0.2, 0.25) is 0 Å². The number of halogens is 6. The van der Waals surface area contributed by atoms with Gasteiger partial charge in [0.1, 0.15) is 16.7 Å². The van der Waals surface area contributed by atoms with Crippen LogP contribution in [0, 0.1) is 0 Å². The maximum atomic E-state index is 13.8. The Bertz CT molecular complexity index is 1830. The van der Waals surface area contributed by atoms with Gasteiger partial charge in [-0.25, -0.2) is 4.79 Å². The third-order valence-electron chi connectivity index (χ3n) is 7.80. The second-order valence-corrected chi connectivity index (χ2v) is 13.0. The molecule has 2 fully saturated rings. The molecule has 0 bridgehead atoms. The molecule has 51 heavy (non-hydrogen) atoms. The highest BCUT2D eigenvalue weighted by Crippen LogP contribution is 2.42. The maximum Gasteiger partial charge on any atom is 0.416 e. The van der Waals surface area contributed by atoms with Crippen molar-refractivity contribution in [3.05, 3.63) is 87.8 Å². The van der Waals surface area contributed by atoms with Gasteiger partial charge in [-0.05, 0) is 65.7 Å². The van der Waals surface area contributed by atoms with Crippen LogP contribution in [0.3, 0.4) is 0 Å². The molecular formula is C34H29F6N3O6S2. The Morgan fingerprint density at radius 2 is 1.65 bits per heavy atom. The Labute approximate surface area is 297 Å². The van der Waals surface area contributed by atoms with Crippen molar-refractivity contribution in [3.8, 4) is 16.9 Å². The van der Waals surface area contributed by atoms with Gasteiger partial charge in [0.05, 0.1) is 34.8 Å². The number of rotatable bonds is 11. The summed E-state index contributed by atoms with van der Waals surface area (Å²) in [6, 6.07) is 11.2. The van der Waals surface area contributed by atoms with Crippen molar-refractivity contribution in [2.24, 2.45) is 0 Å². The van der Waals surface area contributed by atoms with Crippen LogP contribution >= 0.6 is 24.0 Å². The van der Waals surface area contributed by atoms with Crippen molar-refractivity contribution < 1.29 is 55.3 Å². The summed E-state index contributed by atoms with van der Waals surface area (Å²) in [6.07, 6.45) is -8.93. The lowest BCUT2D eigenvalue weighted by atomic mass is 9.96. The van der Waals surface area contributed by atoms with Crippen LogP contribution in [0.25, 0.3) is 17.2 Å². The van der Waals surface area contributed by atoms with Crippen LogP contribution in [0.5, 0.6) is 5.75 Å². The number of alkyl halides is 6. The number of anilines is 1. The maximum absolute atomic E-state index is 13.8. The molecule has 0 unspecified atom stereocenters. The predicted molar refractivity (Wildman–Crippen MR) is 181 cm³/mol. The first kappa shape index (κ1) is 37.8. The van der Waals surface area contributed by atoms with Crippen LogP contribution in [0.15, 0.2) is 65.6 Å². The fourth-order valence-corrected chi connectivity index (χ4v) is 6.53. The van der Waals surface area contributed by atoms with Gasteiger partial charge in [-0.1, -0.05) is 36.1 Å². The van der Waals surface area contributed by atoms with Gasteiger partial charge in [0.2, 0.25) is 5.91 Å². The number of aromatic carboxylic acids is 1. The quantitative estimate of drug-likeness (QED) is 0.121. The minimum absolute atomic E-state index is 0.0283. The van der Waals surface area contributed by atoms with Crippen molar-refractivity contribution in [2.75, 3.05) is 51.3 Å². The standard InChI is InChI=1S/C34H29F6N3O6S2/c35-33(36,37)23-16-22(17-24(19-23)34(38,39)40)26-14-20(4-5-27(26)49-13-10-42-8-11-48-12-9-42)15-28-30(45)43(32(50)51-28)7-6-29(44)41-25-3-1-2-21(18-25)31(46)47/h1-5,14-19H,6-13H2,(H,41,44)(H,46,47)/b28-15-. The molecule has 0 atom stereocenters. The molecule has 0 spiro atoms. The number of thioether (sulfide) groups is 1. The van der Waals surface area contributed by atoms with E-state index in [1.165, 1.54) is 53.4 Å².